The zero-order valence-electron chi connectivity index (χ0n) is 11.2. The summed E-state index contributed by atoms with van der Waals surface area (Å²) in [6, 6.07) is 11.3. The molecule has 0 unspecified atom stereocenters. The number of para-hydroxylation sites is 2. The van der Waals surface area contributed by atoms with Crippen molar-refractivity contribution >= 4 is 33.0 Å². The fourth-order valence-corrected chi connectivity index (χ4v) is 2.55. The molecule has 112 valence electrons. The number of hydrogen-bond acceptors (Lipinski definition) is 3. The largest absolute Gasteiger partial charge is 0.379 e. The highest BCUT2D eigenvalue weighted by molar-refractivity contribution is 7.92. The van der Waals surface area contributed by atoms with E-state index in [1.54, 1.807) is 30.3 Å². The molecule has 0 aliphatic rings. The van der Waals surface area contributed by atoms with Crippen molar-refractivity contribution in [1.29, 1.82) is 0 Å². The second-order valence-corrected chi connectivity index (χ2v) is 6.68. The van der Waals surface area contributed by atoms with E-state index in [9.17, 15) is 12.8 Å². The lowest BCUT2D eigenvalue weighted by molar-refractivity contribution is 0.607. The van der Waals surface area contributed by atoms with Crippen LogP contribution < -0.4 is 10.0 Å². The van der Waals surface area contributed by atoms with Crippen LogP contribution in [0.4, 0.5) is 15.8 Å². The third-order valence-corrected chi connectivity index (χ3v) is 3.57. The van der Waals surface area contributed by atoms with Crippen LogP contribution >= 0.6 is 11.6 Å². The van der Waals surface area contributed by atoms with Gasteiger partial charge in [-0.1, -0.05) is 29.8 Å². The maximum absolute atomic E-state index is 13.1. The summed E-state index contributed by atoms with van der Waals surface area (Å²) in [5.74, 6) is -0.473. The van der Waals surface area contributed by atoms with Crippen LogP contribution in [0.25, 0.3) is 0 Å². The van der Waals surface area contributed by atoms with Gasteiger partial charge in [0.05, 0.1) is 22.7 Å². The molecule has 21 heavy (non-hydrogen) atoms. The summed E-state index contributed by atoms with van der Waals surface area (Å²) in [7, 11) is -3.36. The fraction of sp³-hybridized carbons (Fsp3) is 0.143. The molecule has 7 heteroatoms. The first kappa shape index (κ1) is 15.6. The van der Waals surface area contributed by atoms with Gasteiger partial charge in [0.2, 0.25) is 10.0 Å². The molecule has 0 radical (unpaired) electrons. The van der Waals surface area contributed by atoms with Crippen molar-refractivity contribution in [2.24, 2.45) is 0 Å². The molecule has 0 amide bonds. The lowest BCUT2D eigenvalue weighted by Crippen LogP contribution is -2.11. The summed E-state index contributed by atoms with van der Waals surface area (Å²) >= 11 is 5.72. The minimum absolute atomic E-state index is 0.0526. The molecule has 0 aliphatic heterocycles. The number of benzene rings is 2. The van der Waals surface area contributed by atoms with Crippen LogP contribution in [-0.2, 0) is 16.6 Å². The molecule has 0 saturated carbocycles. The normalized spacial score (nSPS) is 11.2. The van der Waals surface area contributed by atoms with E-state index in [0.29, 0.717) is 17.9 Å². The Morgan fingerprint density at radius 3 is 2.43 bits per heavy atom. The topological polar surface area (TPSA) is 58.2 Å². The number of nitrogens with one attached hydrogen (secondary N) is 2. The van der Waals surface area contributed by atoms with Crippen molar-refractivity contribution in [3.05, 3.63) is 58.9 Å². The molecule has 0 heterocycles. The summed E-state index contributed by atoms with van der Waals surface area (Å²) in [4.78, 5) is 0. The average Bonchev–Trinajstić information content (AvgIpc) is 2.40. The lowest BCUT2D eigenvalue weighted by Gasteiger charge is -2.13. The third kappa shape index (κ3) is 4.61. The number of rotatable bonds is 5. The molecular formula is C14H14ClFN2O2S. The molecule has 0 aromatic heterocycles. The standard InChI is InChI=1S/C14H14ClFN2O2S/c1-21(19,20)18-14-5-3-2-4-13(14)17-9-10-6-7-12(16)11(15)8-10/h2-8,17-18H,9H2,1H3. The molecule has 2 N–H and O–H groups in total. The Morgan fingerprint density at radius 1 is 1.14 bits per heavy atom. The summed E-state index contributed by atoms with van der Waals surface area (Å²) in [5, 5.41) is 3.14. The molecular weight excluding hydrogens is 315 g/mol. The average molecular weight is 329 g/mol. The van der Waals surface area contributed by atoms with Gasteiger partial charge in [-0.15, -0.1) is 0 Å². The van der Waals surface area contributed by atoms with Crippen molar-refractivity contribution in [1.82, 2.24) is 0 Å². The van der Waals surface area contributed by atoms with Crippen molar-refractivity contribution in [2.45, 2.75) is 6.54 Å². The summed E-state index contributed by atoms with van der Waals surface area (Å²) < 4.78 is 38.1. The Labute approximate surface area is 128 Å². The monoisotopic (exact) mass is 328 g/mol. The van der Waals surface area contributed by atoms with Crippen LogP contribution in [0.5, 0.6) is 0 Å². The van der Waals surface area contributed by atoms with E-state index in [2.05, 4.69) is 10.0 Å². The minimum atomic E-state index is -3.36. The van der Waals surface area contributed by atoms with Gasteiger partial charge >= 0.3 is 0 Å². The van der Waals surface area contributed by atoms with Crippen molar-refractivity contribution in [2.75, 3.05) is 16.3 Å². The zero-order valence-corrected chi connectivity index (χ0v) is 12.8. The minimum Gasteiger partial charge on any atom is -0.379 e. The van der Waals surface area contributed by atoms with Gasteiger partial charge in [0.15, 0.2) is 0 Å². The Morgan fingerprint density at radius 2 is 1.81 bits per heavy atom. The van der Waals surface area contributed by atoms with Crippen molar-refractivity contribution < 1.29 is 12.8 Å². The fourth-order valence-electron chi connectivity index (χ4n) is 1.77. The predicted molar refractivity (Wildman–Crippen MR) is 83.6 cm³/mol. The highest BCUT2D eigenvalue weighted by Crippen LogP contribution is 2.23. The van der Waals surface area contributed by atoms with Gasteiger partial charge in [-0.3, -0.25) is 4.72 Å². The molecule has 2 aromatic carbocycles. The van der Waals surface area contributed by atoms with E-state index < -0.39 is 15.8 Å². The first-order chi connectivity index (χ1) is 9.85. The smallest absolute Gasteiger partial charge is 0.229 e. The molecule has 0 saturated heterocycles. The van der Waals surface area contributed by atoms with Crippen LogP contribution in [0.15, 0.2) is 42.5 Å². The number of sulfonamides is 1. The van der Waals surface area contributed by atoms with Crippen LogP contribution in [-0.4, -0.2) is 14.7 Å². The first-order valence-corrected chi connectivity index (χ1v) is 8.37. The summed E-state index contributed by atoms with van der Waals surface area (Å²) in [6.07, 6.45) is 1.09. The summed E-state index contributed by atoms with van der Waals surface area (Å²) in [5.41, 5.74) is 1.87. The second kappa shape index (κ2) is 6.32. The molecule has 0 atom stereocenters. The van der Waals surface area contributed by atoms with Gasteiger partial charge in [0, 0.05) is 6.54 Å². The number of halogens is 2. The predicted octanol–water partition coefficient (Wildman–Crippen LogP) is 3.46. The molecule has 4 nitrogen and oxygen atoms in total. The molecule has 0 aliphatic carbocycles. The van der Waals surface area contributed by atoms with E-state index in [4.69, 9.17) is 11.6 Å². The third-order valence-electron chi connectivity index (χ3n) is 2.69. The molecule has 2 rings (SSSR count). The maximum Gasteiger partial charge on any atom is 0.229 e. The molecule has 2 aromatic rings. The Kier molecular flexibility index (Phi) is 4.69. The Balaban J connectivity index is 2.14. The van der Waals surface area contributed by atoms with Crippen molar-refractivity contribution in [3.63, 3.8) is 0 Å². The highest BCUT2D eigenvalue weighted by atomic mass is 35.5. The van der Waals surface area contributed by atoms with Gasteiger partial charge in [-0.05, 0) is 29.8 Å². The first-order valence-electron chi connectivity index (χ1n) is 6.10. The van der Waals surface area contributed by atoms with E-state index >= 15 is 0 Å². The van der Waals surface area contributed by atoms with Crippen LogP contribution in [0.1, 0.15) is 5.56 Å². The highest BCUT2D eigenvalue weighted by Gasteiger charge is 2.07. The van der Waals surface area contributed by atoms with E-state index in [0.717, 1.165) is 11.8 Å². The van der Waals surface area contributed by atoms with Gasteiger partial charge < -0.3 is 5.32 Å². The Hall–Kier alpha value is -1.79. The van der Waals surface area contributed by atoms with Gasteiger partial charge in [0.25, 0.3) is 0 Å². The molecule has 0 bridgehead atoms. The van der Waals surface area contributed by atoms with Gasteiger partial charge in [-0.2, -0.15) is 0 Å². The Bertz CT molecular complexity index is 750. The SMILES string of the molecule is CS(=O)(=O)Nc1ccccc1NCc1ccc(F)c(Cl)c1. The number of anilines is 2. The van der Waals surface area contributed by atoms with Gasteiger partial charge in [-0.25, -0.2) is 12.8 Å². The molecule has 0 spiro atoms. The van der Waals surface area contributed by atoms with E-state index in [-0.39, 0.29) is 5.02 Å². The summed E-state index contributed by atoms with van der Waals surface area (Å²) in [6.45, 7) is 0.391. The van der Waals surface area contributed by atoms with Crippen molar-refractivity contribution in [3.8, 4) is 0 Å². The second-order valence-electron chi connectivity index (χ2n) is 4.52. The van der Waals surface area contributed by atoms with Crippen LogP contribution in [0.2, 0.25) is 5.02 Å². The number of hydrogen-bond donors (Lipinski definition) is 2. The lowest BCUT2D eigenvalue weighted by atomic mass is 10.2. The van der Waals surface area contributed by atoms with Crippen LogP contribution in [0, 0.1) is 5.82 Å². The maximum atomic E-state index is 13.1. The van der Waals surface area contributed by atoms with Crippen LogP contribution in [0.3, 0.4) is 0 Å². The zero-order chi connectivity index (χ0) is 15.5. The quantitative estimate of drug-likeness (QED) is 0.883. The van der Waals surface area contributed by atoms with E-state index in [1.165, 1.54) is 12.1 Å². The molecule has 0 fully saturated rings. The van der Waals surface area contributed by atoms with Gasteiger partial charge in [0.1, 0.15) is 5.82 Å². The van der Waals surface area contributed by atoms with E-state index in [1.807, 2.05) is 0 Å².